The second-order valence-electron chi connectivity index (χ2n) is 6.32. The number of hydrogen-bond donors (Lipinski definition) is 1. The third kappa shape index (κ3) is 4.33. The van der Waals surface area contributed by atoms with Gasteiger partial charge in [-0.15, -0.1) is 0 Å². The van der Waals surface area contributed by atoms with E-state index in [1.54, 1.807) is 6.07 Å². The maximum Gasteiger partial charge on any atom is 0.309 e. The second kappa shape index (κ2) is 8.10. The van der Waals surface area contributed by atoms with Gasteiger partial charge >= 0.3 is 5.97 Å². The molecule has 0 aromatic heterocycles. The van der Waals surface area contributed by atoms with Crippen LogP contribution in [-0.2, 0) is 26.0 Å². The zero-order valence-electron chi connectivity index (χ0n) is 15.7. The number of ether oxygens (including phenoxy) is 1. The number of hydrogen-bond acceptors (Lipinski definition) is 5. The van der Waals surface area contributed by atoms with Crippen LogP contribution in [0, 0.1) is 5.82 Å². The first-order chi connectivity index (χ1) is 13.7. The molecule has 3 aromatic carbocycles. The number of carbonyl (C=O) groups is 2. The van der Waals surface area contributed by atoms with Gasteiger partial charge in [-0.2, -0.15) is 0 Å². The van der Waals surface area contributed by atoms with Gasteiger partial charge in [-0.05, 0) is 65.8 Å². The van der Waals surface area contributed by atoms with Gasteiger partial charge in [-0.25, -0.2) is 17.5 Å². The molecule has 0 saturated carbocycles. The smallest absolute Gasteiger partial charge is 0.309 e. The van der Waals surface area contributed by atoms with Crippen LogP contribution in [-0.4, -0.2) is 34.3 Å². The molecule has 0 heterocycles. The quantitative estimate of drug-likeness (QED) is 0.494. The summed E-state index contributed by atoms with van der Waals surface area (Å²) in [5.74, 6) is -1.38. The van der Waals surface area contributed by atoms with Crippen molar-refractivity contribution in [3.63, 3.8) is 0 Å². The van der Waals surface area contributed by atoms with Crippen molar-refractivity contribution < 1.29 is 27.1 Å². The summed E-state index contributed by atoms with van der Waals surface area (Å²) in [5.41, 5.74) is 1.000. The number of ketones is 1. The van der Waals surface area contributed by atoms with E-state index in [9.17, 15) is 22.4 Å². The van der Waals surface area contributed by atoms with E-state index in [0.717, 1.165) is 0 Å². The molecule has 3 rings (SSSR count). The number of sulfonamides is 1. The average molecular weight is 415 g/mol. The summed E-state index contributed by atoms with van der Waals surface area (Å²) in [4.78, 5) is 24.8. The van der Waals surface area contributed by atoms with E-state index >= 15 is 0 Å². The van der Waals surface area contributed by atoms with Crippen molar-refractivity contribution in [2.45, 2.75) is 11.3 Å². The highest BCUT2D eigenvalue weighted by Crippen LogP contribution is 2.26. The average Bonchev–Trinajstić information content (AvgIpc) is 2.73. The number of halogens is 1. The number of carbonyl (C=O) groups excluding carboxylic acids is 2. The minimum Gasteiger partial charge on any atom is -0.469 e. The summed E-state index contributed by atoms with van der Waals surface area (Å²) in [5, 5.41) is 1.00. The molecule has 0 saturated heterocycles. The molecule has 0 fully saturated rings. The monoisotopic (exact) mass is 415 g/mol. The molecule has 0 amide bonds. The highest BCUT2D eigenvalue weighted by Gasteiger charge is 2.18. The van der Waals surface area contributed by atoms with Gasteiger partial charge in [0.15, 0.2) is 5.78 Å². The van der Waals surface area contributed by atoms with Crippen LogP contribution in [0.1, 0.15) is 21.5 Å². The first-order valence-electron chi connectivity index (χ1n) is 8.62. The molecule has 3 aromatic rings. The maximum absolute atomic E-state index is 13.8. The minimum absolute atomic E-state index is 0.0203. The van der Waals surface area contributed by atoms with Crippen molar-refractivity contribution in [2.24, 2.45) is 0 Å². The predicted octanol–water partition coefficient (Wildman–Crippen LogP) is 2.83. The molecule has 0 aliphatic heterocycles. The minimum atomic E-state index is -3.63. The van der Waals surface area contributed by atoms with Crippen molar-refractivity contribution >= 4 is 32.5 Å². The van der Waals surface area contributed by atoms with Crippen molar-refractivity contribution in [1.29, 1.82) is 0 Å². The molecular weight excluding hydrogens is 397 g/mol. The lowest BCUT2D eigenvalue weighted by Gasteiger charge is -2.10. The summed E-state index contributed by atoms with van der Waals surface area (Å²) in [6.45, 7) is 0. The topological polar surface area (TPSA) is 89.5 Å². The molecule has 0 aliphatic rings. The lowest BCUT2D eigenvalue weighted by Crippen LogP contribution is -2.18. The van der Waals surface area contributed by atoms with Crippen LogP contribution in [0.4, 0.5) is 4.39 Å². The van der Waals surface area contributed by atoms with Gasteiger partial charge in [-0.1, -0.05) is 12.1 Å². The summed E-state index contributed by atoms with van der Waals surface area (Å²) < 4.78 is 44.4. The van der Waals surface area contributed by atoms with E-state index in [1.165, 1.54) is 62.7 Å². The predicted molar refractivity (Wildman–Crippen MR) is 106 cm³/mol. The molecule has 0 spiro atoms. The first kappa shape index (κ1) is 20.6. The number of esters is 1. The third-order valence-electron chi connectivity index (χ3n) is 4.49. The summed E-state index contributed by atoms with van der Waals surface area (Å²) in [6.07, 6.45) is -0.0382. The van der Waals surface area contributed by atoms with Gasteiger partial charge in [0.1, 0.15) is 5.82 Å². The fourth-order valence-corrected chi connectivity index (χ4v) is 3.71. The molecule has 0 bridgehead atoms. The third-order valence-corrected chi connectivity index (χ3v) is 5.92. The largest absolute Gasteiger partial charge is 0.469 e. The van der Waals surface area contributed by atoms with Crippen LogP contribution in [0.5, 0.6) is 0 Å². The van der Waals surface area contributed by atoms with Gasteiger partial charge in [0.05, 0.1) is 18.4 Å². The number of benzene rings is 3. The molecule has 8 heteroatoms. The zero-order chi connectivity index (χ0) is 21.2. The molecule has 6 nitrogen and oxygen atoms in total. The summed E-state index contributed by atoms with van der Waals surface area (Å²) in [6, 6.07) is 12.7. The Bertz CT molecular complexity index is 1200. The Morgan fingerprint density at radius 2 is 1.72 bits per heavy atom. The summed E-state index contributed by atoms with van der Waals surface area (Å²) >= 11 is 0. The van der Waals surface area contributed by atoms with Gasteiger partial charge in [-0.3, -0.25) is 9.59 Å². The van der Waals surface area contributed by atoms with Crippen molar-refractivity contribution in [3.05, 3.63) is 77.1 Å². The summed E-state index contributed by atoms with van der Waals surface area (Å²) in [7, 11) is -1.07. The lowest BCUT2D eigenvalue weighted by atomic mass is 9.94. The van der Waals surface area contributed by atoms with E-state index in [2.05, 4.69) is 9.46 Å². The Morgan fingerprint density at radius 3 is 2.34 bits per heavy atom. The van der Waals surface area contributed by atoms with Crippen molar-refractivity contribution in [2.75, 3.05) is 14.2 Å². The van der Waals surface area contributed by atoms with E-state index < -0.39 is 27.6 Å². The Balaban J connectivity index is 2.10. The number of fused-ring (bicyclic) bond motifs is 1. The van der Waals surface area contributed by atoms with Gasteiger partial charge < -0.3 is 4.74 Å². The standard InChI is InChI=1S/C21H18FNO5S/c1-23-29(26,27)17-7-4-14(5-8-17)21(25)19-10-13(11-20(24)28-2)9-15-3-6-16(22)12-18(15)19/h3-10,12,23H,11H2,1-2H3. The number of nitrogens with one attached hydrogen (secondary N) is 1. The van der Waals surface area contributed by atoms with Crippen LogP contribution in [0.3, 0.4) is 0 Å². The molecule has 1 N–H and O–H groups in total. The molecule has 0 unspecified atom stereocenters. The van der Waals surface area contributed by atoms with Crippen LogP contribution in [0.2, 0.25) is 0 Å². The maximum atomic E-state index is 13.8. The van der Waals surface area contributed by atoms with E-state index in [4.69, 9.17) is 0 Å². The first-order valence-corrected chi connectivity index (χ1v) is 10.1. The normalized spacial score (nSPS) is 11.4. The van der Waals surface area contributed by atoms with Crippen LogP contribution >= 0.6 is 0 Å². The highest BCUT2D eigenvalue weighted by molar-refractivity contribution is 7.89. The second-order valence-corrected chi connectivity index (χ2v) is 8.21. The Labute approximate surface area is 167 Å². The Hall–Kier alpha value is -3.10. The molecule has 0 aliphatic carbocycles. The Morgan fingerprint density at radius 1 is 1.03 bits per heavy atom. The highest BCUT2D eigenvalue weighted by atomic mass is 32.2. The molecule has 29 heavy (non-hydrogen) atoms. The zero-order valence-corrected chi connectivity index (χ0v) is 16.5. The molecule has 0 radical (unpaired) electrons. The molecular formula is C21H18FNO5S. The van der Waals surface area contributed by atoms with Crippen LogP contribution in [0.25, 0.3) is 10.8 Å². The number of rotatable bonds is 6. The van der Waals surface area contributed by atoms with Crippen molar-refractivity contribution in [1.82, 2.24) is 4.72 Å². The van der Waals surface area contributed by atoms with Crippen LogP contribution < -0.4 is 4.72 Å². The van der Waals surface area contributed by atoms with Gasteiger partial charge in [0.2, 0.25) is 10.0 Å². The van der Waals surface area contributed by atoms with Gasteiger partial charge in [0.25, 0.3) is 0 Å². The van der Waals surface area contributed by atoms with Gasteiger partial charge in [0, 0.05) is 11.1 Å². The number of methoxy groups -OCH3 is 1. The SMILES string of the molecule is CNS(=O)(=O)c1ccc(C(=O)c2cc(CC(=O)OC)cc3ccc(F)cc23)cc1. The van der Waals surface area contributed by atoms with Crippen LogP contribution in [0.15, 0.2) is 59.5 Å². The molecule has 0 atom stereocenters. The molecule has 150 valence electrons. The fourth-order valence-electron chi connectivity index (χ4n) is 2.98. The van der Waals surface area contributed by atoms with E-state index in [1.807, 2.05) is 0 Å². The Kier molecular flexibility index (Phi) is 5.76. The van der Waals surface area contributed by atoms with Crippen molar-refractivity contribution in [3.8, 4) is 0 Å². The van der Waals surface area contributed by atoms with E-state index in [0.29, 0.717) is 16.3 Å². The fraction of sp³-hybridized carbons (Fsp3) is 0.143. The van der Waals surface area contributed by atoms with E-state index in [-0.39, 0.29) is 22.4 Å². The lowest BCUT2D eigenvalue weighted by molar-refractivity contribution is -0.139.